The SMILES string of the molecule is CCCCc1ncc(C=C(Cc2cccs2)C(=O)O)n1Cc1ccc(C#N)cc1. The molecular weight excluding hydrogens is 382 g/mol. The van der Waals surface area contributed by atoms with Gasteiger partial charge in [0.05, 0.1) is 23.5 Å². The molecule has 0 atom stereocenters. The first-order valence-electron chi connectivity index (χ1n) is 9.60. The van der Waals surface area contributed by atoms with Gasteiger partial charge in [0.15, 0.2) is 0 Å². The summed E-state index contributed by atoms with van der Waals surface area (Å²) in [6, 6.07) is 13.5. The van der Waals surface area contributed by atoms with Crippen molar-refractivity contribution >= 4 is 23.4 Å². The van der Waals surface area contributed by atoms with E-state index in [1.807, 2.05) is 29.6 Å². The lowest BCUT2D eigenvalue weighted by molar-refractivity contribution is -0.132. The van der Waals surface area contributed by atoms with Gasteiger partial charge in [0.25, 0.3) is 0 Å². The smallest absolute Gasteiger partial charge is 0.332 e. The van der Waals surface area contributed by atoms with Crippen LogP contribution < -0.4 is 0 Å². The lowest BCUT2D eigenvalue weighted by Gasteiger charge is -2.11. The fraction of sp³-hybridized carbons (Fsp3) is 0.261. The molecule has 3 rings (SSSR count). The molecule has 2 heterocycles. The van der Waals surface area contributed by atoms with Crippen molar-refractivity contribution in [1.29, 1.82) is 5.26 Å². The molecule has 0 bridgehead atoms. The van der Waals surface area contributed by atoms with Gasteiger partial charge in [-0.3, -0.25) is 0 Å². The van der Waals surface area contributed by atoms with E-state index in [0.717, 1.165) is 41.2 Å². The number of aromatic nitrogens is 2. The standard InChI is InChI=1S/C23H23N3O2S/c1-2-3-6-22-25-15-20(12-19(23(27)28)13-21-5-4-11-29-21)26(22)16-18-9-7-17(14-24)8-10-18/h4-5,7-12,15H,2-3,6,13,16H2,1H3,(H,27,28). The molecule has 2 aromatic heterocycles. The van der Waals surface area contributed by atoms with Gasteiger partial charge in [0.1, 0.15) is 5.82 Å². The fourth-order valence-corrected chi connectivity index (χ4v) is 3.82. The van der Waals surface area contributed by atoms with Crippen LogP contribution >= 0.6 is 11.3 Å². The first-order valence-corrected chi connectivity index (χ1v) is 10.5. The lowest BCUT2D eigenvalue weighted by Crippen LogP contribution is -2.09. The number of nitriles is 1. The van der Waals surface area contributed by atoms with Gasteiger partial charge in [-0.2, -0.15) is 5.26 Å². The third kappa shape index (κ3) is 5.43. The van der Waals surface area contributed by atoms with Crippen molar-refractivity contribution in [2.75, 3.05) is 0 Å². The third-order valence-corrected chi connectivity index (χ3v) is 5.56. The fourth-order valence-electron chi connectivity index (χ4n) is 3.10. The Morgan fingerprint density at radius 3 is 2.72 bits per heavy atom. The van der Waals surface area contributed by atoms with E-state index in [2.05, 4.69) is 22.5 Å². The van der Waals surface area contributed by atoms with Crippen molar-refractivity contribution in [3.8, 4) is 6.07 Å². The molecule has 0 saturated heterocycles. The van der Waals surface area contributed by atoms with E-state index in [1.165, 1.54) is 0 Å². The van der Waals surface area contributed by atoms with Crippen molar-refractivity contribution in [3.05, 3.63) is 81.1 Å². The molecule has 0 unspecified atom stereocenters. The van der Waals surface area contributed by atoms with Gasteiger partial charge in [-0.25, -0.2) is 9.78 Å². The lowest BCUT2D eigenvalue weighted by atomic mass is 10.1. The van der Waals surface area contributed by atoms with Crippen LogP contribution in [0.4, 0.5) is 0 Å². The number of benzene rings is 1. The van der Waals surface area contributed by atoms with Crippen LogP contribution in [0.5, 0.6) is 0 Å². The Balaban J connectivity index is 1.95. The number of rotatable bonds is 9. The maximum Gasteiger partial charge on any atom is 0.332 e. The van der Waals surface area contributed by atoms with Crippen LogP contribution in [0, 0.1) is 11.3 Å². The average Bonchev–Trinajstić information content (AvgIpc) is 3.37. The number of nitrogens with zero attached hydrogens (tertiary/aromatic N) is 3. The number of unbranched alkanes of at least 4 members (excludes halogenated alkanes) is 1. The second-order valence-corrected chi connectivity index (χ2v) is 7.86. The van der Waals surface area contributed by atoms with Gasteiger partial charge in [-0.1, -0.05) is 31.5 Å². The summed E-state index contributed by atoms with van der Waals surface area (Å²) in [5, 5.41) is 20.6. The van der Waals surface area contributed by atoms with Crippen LogP contribution in [0.15, 0.2) is 53.5 Å². The first-order chi connectivity index (χ1) is 14.1. The third-order valence-electron chi connectivity index (χ3n) is 4.69. The summed E-state index contributed by atoms with van der Waals surface area (Å²) in [6.07, 6.45) is 6.80. The molecular formula is C23H23N3O2S. The molecule has 3 aromatic rings. The molecule has 1 N–H and O–H groups in total. The highest BCUT2D eigenvalue weighted by Gasteiger charge is 2.14. The first kappa shape index (κ1) is 20.6. The summed E-state index contributed by atoms with van der Waals surface area (Å²) in [7, 11) is 0. The zero-order valence-corrected chi connectivity index (χ0v) is 17.2. The largest absolute Gasteiger partial charge is 0.478 e. The van der Waals surface area contributed by atoms with E-state index in [1.54, 1.807) is 35.7 Å². The number of hydrogen-bond acceptors (Lipinski definition) is 4. The van der Waals surface area contributed by atoms with Crippen LogP contribution in [0.25, 0.3) is 6.08 Å². The second kappa shape index (κ2) is 9.85. The van der Waals surface area contributed by atoms with E-state index >= 15 is 0 Å². The number of hydrogen-bond donors (Lipinski definition) is 1. The molecule has 148 valence electrons. The van der Waals surface area contributed by atoms with Crippen LogP contribution in [-0.4, -0.2) is 20.6 Å². The van der Waals surface area contributed by atoms with E-state index < -0.39 is 5.97 Å². The maximum atomic E-state index is 11.8. The number of aryl methyl sites for hydroxylation is 1. The van der Waals surface area contributed by atoms with Crippen molar-refractivity contribution in [2.24, 2.45) is 0 Å². The topological polar surface area (TPSA) is 78.9 Å². The van der Waals surface area contributed by atoms with Crippen LogP contribution in [0.3, 0.4) is 0 Å². The van der Waals surface area contributed by atoms with Crippen molar-refractivity contribution in [3.63, 3.8) is 0 Å². The summed E-state index contributed by atoms with van der Waals surface area (Å²) in [5.41, 5.74) is 2.80. The van der Waals surface area contributed by atoms with Gasteiger partial charge in [-0.05, 0) is 41.6 Å². The average molecular weight is 406 g/mol. The summed E-state index contributed by atoms with van der Waals surface area (Å²) < 4.78 is 2.08. The Labute approximate surface area is 174 Å². The molecule has 29 heavy (non-hydrogen) atoms. The predicted octanol–water partition coefficient (Wildman–Crippen LogP) is 4.92. The van der Waals surface area contributed by atoms with Gasteiger partial charge in [0.2, 0.25) is 0 Å². The molecule has 6 heteroatoms. The molecule has 0 radical (unpaired) electrons. The minimum atomic E-state index is -0.917. The zero-order valence-electron chi connectivity index (χ0n) is 16.3. The Kier molecular flexibility index (Phi) is 6.99. The van der Waals surface area contributed by atoms with E-state index in [4.69, 9.17) is 5.26 Å². The maximum absolute atomic E-state index is 11.8. The Morgan fingerprint density at radius 2 is 2.10 bits per heavy atom. The number of aliphatic carboxylic acids is 1. The van der Waals surface area contributed by atoms with E-state index in [-0.39, 0.29) is 0 Å². The predicted molar refractivity (Wildman–Crippen MR) is 115 cm³/mol. The number of thiophene rings is 1. The van der Waals surface area contributed by atoms with Crippen LogP contribution in [-0.2, 0) is 24.2 Å². The van der Waals surface area contributed by atoms with Crippen molar-refractivity contribution in [1.82, 2.24) is 9.55 Å². The van der Waals surface area contributed by atoms with Gasteiger partial charge in [0, 0.05) is 29.8 Å². The molecule has 0 aliphatic heterocycles. The number of carboxylic acids is 1. The number of imidazole rings is 1. The van der Waals surface area contributed by atoms with Crippen molar-refractivity contribution in [2.45, 2.75) is 39.2 Å². The quantitative estimate of drug-likeness (QED) is 0.513. The van der Waals surface area contributed by atoms with Gasteiger partial charge in [-0.15, -0.1) is 11.3 Å². The Hall–Kier alpha value is -3.17. The molecule has 0 saturated carbocycles. The summed E-state index contributed by atoms with van der Waals surface area (Å²) in [6.45, 7) is 2.72. The van der Waals surface area contributed by atoms with E-state index in [0.29, 0.717) is 24.1 Å². The minimum absolute atomic E-state index is 0.343. The minimum Gasteiger partial charge on any atom is -0.478 e. The van der Waals surface area contributed by atoms with Crippen molar-refractivity contribution < 1.29 is 9.90 Å². The van der Waals surface area contributed by atoms with Gasteiger partial charge < -0.3 is 9.67 Å². The Morgan fingerprint density at radius 1 is 1.31 bits per heavy atom. The highest BCUT2D eigenvalue weighted by atomic mass is 32.1. The molecule has 5 nitrogen and oxygen atoms in total. The highest BCUT2D eigenvalue weighted by Crippen LogP contribution is 2.20. The number of carbonyl (C=O) groups is 1. The molecule has 1 aromatic carbocycles. The molecule has 0 aliphatic rings. The second-order valence-electron chi connectivity index (χ2n) is 6.83. The zero-order chi connectivity index (χ0) is 20.6. The van der Waals surface area contributed by atoms with Gasteiger partial charge >= 0.3 is 5.97 Å². The summed E-state index contributed by atoms with van der Waals surface area (Å²) in [4.78, 5) is 17.4. The summed E-state index contributed by atoms with van der Waals surface area (Å²) >= 11 is 1.55. The molecule has 0 spiro atoms. The van der Waals surface area contributed by atoms with Crippen LogP contribution in [0.2, 0.25) is 0 Å². The monoisotopic (exact) mass is 405 g/mol. The highest BCUT2D eigenvalue weighted by molar-refractivity contribution is 7.09. The van der Waals surface area contributed by atoms with E-state index in [9.17, 15) is 9.90 Å². The summed E-state index contributed by atoms with van der Waals surface area (Å²) in [5.74, 6) is 0.0305. The molecule has 0 aliphatic carbocycles. The molecule has 0 fully saturated rings. The Bertz CT molecular complexity index is 1030. The van der Waals surface area contributed by atoms with Crippen LogP contribution in [0.1, 0.15) is 47.3 Å². The number of carboxylic acid groups (broad SMARTS) is 1. The normalized spacial score (nSPS) is 11.4. The molecule has 0 amide bonds.